The topological polar surface area (TPSA) is 55.9 Å². The van der Waals surface area contributed by atoms with Crippen molar-refractivity contribution in [1.29, 1.82) is 0 Å². The molecule has 102 valence electrons. The number of nitrogens with two attached hydrogens (primary N) is 1. The minimum absolute atomic E-state index is 0.0712. The van der Waals surface area contributed by atoms with E-state index in [1.165, 1.54) is 3.57 Å². The molecule has 0 bridgehead atoms. The number of nitrogens with zero attached hydrogens (tertiary/aromatic N) is 2. The van der Waals surface area contributed by atoms with E-state index in [0.717, 1.165) is 28.7 Å². The molecular weight excluding hydrogens is 419 g/mol. The van der Waals surface area contributed by atoms with Crippen LogP contribution in [0.15, 0.2) is 34.9 Å². The van der Waals surface area contributed by atoms with E-state index in [2.05, 4.69) is 68.1 Å². The molecule has 0 amide bonds. The van der Waals surface area contributed by atoms with Gasteiger partial charge in [-0.15, -0.1) is 0 Å². The maximum atomic E-state index is 5.77. The SMILES string of the molecule is CCCn1nccc1C(NN)c1cc(I)ccc1Br. The number of benzene rings is 1. The van der Waals surface area contributed by atoms with Crippen LogP contribution in [0.5, 0.6) is 0 Å². The fraction of sp³-hybridized carbons (Fsp3) is 0.308. The summed E-state index contributed by atoms with van der Waals surface area (Å²) in [4.78, 5) is 0. The number of hydrazine groups is 1. The minimum atomic E-state index is -0.0712. The Kier molecular flexibility index (Phi) is 5.37. The van der Waals surface area contributed by atoms with Gasteiger partial charge < -0.3 is 0 Å². The molecule has 0 radical (unpaired) electrons. The number of halogens is 2. The van der Waals surface area contributed by atoms with Crippen LogP contribution in [-0.4, -0.2) is 9.78 Å². The molecule has 19 heavy (non-hydrogen) atoms. The van der Waals surface area contributed by atoms with E-state index in [1.807, 2.05) is 23.0 Å². The summed E-state index contributed by atoms with van der Waals surface area (Å²) in [6.07, 6.45) is 2.86. The lowest BCUT2D eigenvalue weighted by molar-refractivity contribution is 0.520. The van der Waals surface area contributed by atoms with Crippen molar-refractivity contribution in [3.8, 4) is 0 Å². The van der Waals surface area contributed by atoms with Gasteiger partial charge in [0.2, 0.25) is 0 Å². The maximum absolute atomic E-state index is 5.77. The van der Waals surface area contributed by atoms with E-state index in [-0.39, 0.29) is 6.04 Å². The van der Waals surface area contributed by atoms with E-state index in [9.17, 15) is 0 Å². The number of aromatic nitrogens is 2. The minimum Gasteiger partial charge on any atom is -0.271 e. The van der Waals surface area contributed by atoms with Gasteiger partial charge in [0, 0.05) is 20.8 Å². The second-order valence-electron chi connectivity index (χ2n) is 4.24. The van der Waals surface area contributed by atoms with Crippen LogP contribution in [0, 0.1) is 3.57 Å². The van der Waals surface area contributed by atoms with Gasteiger partial charge >= 0.3 is 0 Å². The molecule has 0 saturated heterocycles. The third-order valence-electron chi connectivity index (χ3n) is 2.92. The summed E-state index contributed by atoms with van der Waals surface area (Å²) in [6.45, 7) is 3.03. The Bertz CT molecular complexity index is 555. The lowest BCUT2D eigenvalue weighted by Gasteiger charge is -2.19. The first-order chi connectivity index (χ1) is 9.17. The predicted octanol–water partition coefficient (Wildman–Crippen LogP) is 3.21. The summed E-state index contributed by atoms with van der Waals surface area (Å²) >= 11 is 5.90. The van der Waals surface area contributed by atoms with Crippen LogP contribution in [0.1, 0.15) is 30.6 Å². The monoisotopic (exact) mass is 434 g/mol. The van der Waals surface area contributed by atoms with Crippen molar-refractivity contribution in [3.63, 3.8) is 0 Å². The molecule has 0 saturated carbocycles. The van der Waals surface area contributed by atoms with E-state index < -0.39 is 0 Å². The molecule has 0 fully saturated rings. The van der Waals surface area contributed by atoms with Crippen molar-refractivity contribution >= 4 is 38.5 Å². The van der Waals surface area contributed by atoms with Crippen LogP contribution in [0.4, 0.5) is 0 Å². The Labute approximate surface area is 135 Å². The van der Waals surface area contributed by atoms with Crippen molar-refractivity contribution in [3.05, 3.63) is 49.8 Å². The second kappa shape index (κ2) is 6.83. The summed E-state index contributed by atoms with van der Waals surface area (Å²) in [6, 6.07) is 8.16. The average molecular weight is 435 g/mol. The van der Waals surface area contributed by atoms with Crippen LogP contribution in [-0.2, 0) is 6.54 Å². The Morgan fingerprint density at radius 3 is 2.95 bits per heavy atom. The van der Waals surface area contributed by atoms with Crippen molar-refractivity contribution in [2.75, 3.05) is 0 Å². The van der Waals surface area contributed by atoms with Gasteiger partial charge in [0.15, 0.2) is 0 Å². The molecule has 0 spiro atoms. The molecule has 1 unspecified atom stereocenters. The van der Waals surface area contributed by atoms with Gasteiger partial charge in [-0.1, -0.05) is 22.9 Å². The molecule has 2 aromatic rings. The van der Waals surface area contributed by atoms with Crippen LogP contribution >= 0.6 is 38.5 Å². The first kappa shape index (κ1) is 15.0. The average Bonchev–Trinajstić information content (AvgIpc) is 2.83. The normalized spacial score (nSPS) is 12.6. The van der Waals surface area contributed by atoms with E-state index in [0.29, 0.717) is 0 Å². The van der Waals surface area contributed by atoms with E-state index in [1.54, 1.807) is 0 Å². The fourth-order valence-electron chi connectivity index (χ4n) is 2.06. The first-order valence-electron chi connectivity index (χ1n) is 6.10. The zero-order valence-corrected chi connectivity index (χ0v) is 14.3. The molecule has 1 aromatic carbocycles. The highest BCUT2D eigenvalue weighted by molar-refractivity contribution is 14.1. The number of rotatable bonds is 5. The zero-order chi connectivity index (χ0) is 13.8. The summed E-state index contributed by atoms with van der Waals surface area (Å²) in [7, 11) is 0. The molecule has 0 aliphatic carbocycles. The van der Waals surface area contributed by atoms with Gasteiger partial charge in [0.05, 0.1) is 11.7 Å². The first-order valence-corrected chi connectivity index (χ1v) is 7.97. The maximum Gasteiger partial charge on any atom is 0.0889 e. The van der Waals surface area contributed by atoms with Crippen LogP contribution in [0.3, 0.4) is 0 Å². The predicted molar refractivity (Wildman–Crippen MR) is 88.5 cm³/mol. The molecule has 1 heterocycles. The van der Waals surface area contributed by atoms with Gasteiger partial charge in [-0.2, -0.15) is 5.10 Å². The summed E-state index contributed by atoms with van der Waals surface area (Å²) < 4.78 is 4.22. The Morgan fingerprint density at radius 2 is 2.26 bits per heavy atom. The highest BCUT2D eigenvalue weighted by atomic mass is 127. The Morgan fingerprint density at radius 1 is 1.47 bits per heavy atom. The Balaban J connectivity index is 2.44. The smallest absolute Gasteiger partial charge is 0.0889 e. The van der Waals surface area contributed by atoms with Crippen LogP contribution in [0.2, 0.25) is 0 Å². The van der Waals surface area contributed by atoms with Gasteiger partial charge in [-0.3, -0.25) is 10.5 Å². The fourth-order valence-corrected chi connectivity index (χ4v) is 3.05. The standard InChI is InChI=1S/C13H16BrIN4/c1-2-7-19-12(5-6-17-19)13(18-16)10-8-9(15)3-4-11(10)14/h3-6,8,13,18H,2,7,16H2,1H3. The summed E-state index contributed by atoms with van der Waals surface area (Å²) in [5, 5.41) is 4.36. The molecule has 0 aliphatic rings. The summed E-state index contributed by atoms with van der Waals surface area (Å²) in [5.41, 5.74) is 5.09. The van der Waals surface area contributed by atoms with Gasteiger partial charge in [0.1, 0.15) is 0 Å². The Hall–Kier alpha value is -0.440. The van der Waals surface area contributed by atoms with Crippen LogP contribution in [0.25, 0.3) is 0 Å². The summed E-state index contributed by atoms with van der Waals surface area (Å²) in [5.74, 6) is 5.77. The van der Waals surface area contributed by atoms with Gasteiger partial charge in [-0.25, -0.2) is 5.43 Å². The van der Waals surface area contributed by atoms with Crippen LogP contribution < -0.4 is 11.3 Å². The number of hydrogen-bond donors (Lipinski definition) is 2. The second-order valence-corrected chi connectivity index (χ2v) is 6.34. The largest absolute Gasteiger partial charge is 0.271 e. The quantitative estimate of drug-likeness (QED) is 0.431. The molecule has 2 rings (SSSR count). The number of nitrogens with one attached hydrogen (secondary N) is 1. The lowest BCUT2D eigenvalue weighted by atomic mass is 10.0. The molecular formula is C13H16BrIN4. The molecule has 6 heteroatoms. The van der Waals surface area contributed by atoms with Gasteiger partial charge in [-0.05, 0) is 58.8 Å². The molecule has 0 aliphatic heterocycles. The number of hydrogen-bond acceptors (Lipinski definition) is 3. The third kappa shape index (κ3) is 3.36. The van der Waals surface area contributed by atoms with E-state index in [4.69, 9.17) is 5.84 Å². The van der Waals surface area contributed by atoms with E-state index >= 15 is 0 Å². The van der Waals surface area contributed by atoms with Crippen molar-refractivity contribution < 1.29 is 0 Å². The molecule has 1 aromatic heterocycles. The highest BCUT2D eigenvalue weighted by Gasteiger charge is 2.19. The highest BCUT2D eigenvalue weighted by Crippen LogP contribution is 2.29. The molecule has 3 N–H and O–H groups in total. The molecule has 1 atom stereocenters. The molecule has 4 nitrogen and oxygen atoms in total. The lowest BCUT2D eigenvalue weighted by Crippen LogP contribution is -2.31. The number of aryl methyl sites for hydroxylation is 1. The van der Waals surface area contributed by atoms with Crippen molar-refractivity contribution in [2.24, 2.45) is 5.84 Å². The van der Waals surface area contributed by atoms with Crippen molar-refractivity contribution in [2.45, 2.75) is 25.9 Å². The van der Waals surface area contributed by atoms with Gasteiger partial charge in [0.25, 0.3) is 0 Å². The zero-order valence-electron chi connectivity index (χ0n) is 10.6. The van der Waals surface area contributed by atoms with Crippen molar-refractivity contribution in [1.82, 2.24) is 15.2 Å². The third-order valence-corrected chi connectivity index (χ3v) is 4.31.